The van der Waals surface area contributed by atoms with Crippen LogP contribution in [0.1, 0.15) is 35.3 Å². The molecule has 0 radical (unpaired) electrons. The van der Waals surface area contributed by atoms with Gasteiger partial charge in [0.05, 0.1) is 21.7 Å². The van der Waals surface area contributed by atoms with Crippen LogP contribution in [0.5, 0.6) is 0 Å². The molecule has 21 heavy (non-hydrogen) atoms. The number of para-hydroxylation sites is 1. The molecule has 1 heterocycles. The smallest absolute Gasteiger partial charge is 0.280 e. The summed E-state index contributed by atoms with van der Waals surface area (Å²) in [5, 5.41) is 11.1. The van der Waals surface area contributed by atoms with Crippen molar-refractivity contribution >= 4 is 11.5 Å². The molecule has 0 N–H and O–H groups in total. The highest BCUT2D eigenvalue weighted by atomic mass is 16.6. The Morgan fingerprint density at radius 3 is 2.67 bits per heavy atom. The standard InChI is InChI=1S/C15H13N3O3/c19-14-8-4-2-6-12-11(14)9-16-15(17-12)10-5-1-3-7-13(10)18(20)21/h1,3,5,7,9H,2,4,6,8H2. The molecule has 1 aliphatic carbocycles. The van der Waals surface area contributed by atoms with Crippen LogP contribution in [0.3, 0.4) is 0 Å². The van der Waals surface area contributed by atoms with E-state index in [9.17, 15) is 14.9 Å². The van der Waals surface area contributed by atoms with E-state index in [1.807, 2.05) is 0 Å². The lowest BCUT2D eigenvalue weighted by atomic mass is 10.1. The molecule has 0 saturated carbocycles. The minimum absolute atomic E-state index is 0.0302. The lowest BCUT2D eigenvalue weighted by Gasteiger charge is -2.06. The maximum absolute atomic E-state index is 11.9. The first kappa shape index (κ1) is 13.4. The Labute approximate surface area is 121 Å². The molecule has 0 fully saturated rings. The lowest BCUT2D eigenvalue weighted by molar-refractivity contribution is -0.384. The predicted molar refractivity (Wildman–Crippen MR) is 76.0 cm³/mol. The van der Waals surface area contributed by atoms with Crippen molar-refractivity contribution in [3.8, 4) is 11.4 Å². The Balaban J connectivity index is 2.11. The van der Waals surface area contributed by atoms with Crippen molar-refractivity contribution in [3.05, 3.63) is 51.8 Å². The van der Waals surface area contributed by atoms with Gasteiger partial charge in [0.15, 0.2) is 11.6 Å². The number of carbonyl (C=O) groups is 1. The number of nitrogens with zero attached hydrogens (tertiary/aromatic N) is 3. The molecule has 0 spiro atoms. The third-order valence-electron chi connectivity index (χ3n) is 3.58. The number of Topliss-reactive ketones (excluding diaryl/α,β-unsaturated/α-hetero) is 1. The normalized spacial score (nSPS) is 14.4. The highest BCUT2D eigenvalue weighted by molar-refractivity contribution is 5.97. The number of nitro benzene ring substituents is 1. The monoisotopic (exact) mass is 283 g/mol. The molecule has 0 saturated heterocycles. The van der Waals surface area contributed by atoms with Crippen molar-refractivity contribution in [2.75, 3.05) is 0 Å². The molecule has 0 bridgehead atoms. The predicted octanol–water partition coefficient (Wildman–Crippen LogP) is 2.96. The van der Waals surface area contributed by atoms with Crippen LogP contribution >= 0.6 is 0 Å². The van der Waals surface area contributed by atoms with Crippen LogP contribution in [0.4, 0.5) is 5.69 Å². The van der Waals surface area contributed by atoms with E-state index in [4.69, 9.17) is 0 Å². The fourth-order valence-electron chi connectivity index (χ4n) is 2.51. The Bertz CT molecular complexity index is 728. The van der Waals surface area contributed by atoms with E-state index in [0.29, 0.717) is 35.5 Å². The molecule has 6 heteroatoms. The summed E-state index contributed by atoms with van der Waals surface area (Å²) in [6, 6.07) is 6.37. The van der Waals surface area contributed by atoms with Gasteiger partial charge in [-0.25, -0.2) is 9.97 Å². The van der Waals surface area contributed by atoms with Gasteiger partial charge in [0, 0.05) is 18.7 Å². The fraction of sp³-hybridized carbons (Fsp3) is 0.267. The molecule has 0 unspecified atom stereocenters. The molecule has 2 aromatic rings. The first-order valence-electron chi connectivity index (χ1n) is 6.80. The number of nitro groups is 1. The van der Waals surface area contributed by atoms with Crippen LogP contribution in [0.15, 0.2) is 30.5 Å². The van der Waals surface area contributed by atoms with Gasteiger partial charge in [-0.3, -0.25) is 14.9 Å². The van der Waals surface area contributed by atoms with E-state index in [1.54, 1.807) is 18.2 Å². The zero-order chi connectivity index (χ0) is 14.8. The summed E-state index contributed by atoms with van der Waals surface area (Å²) in [4.78, 5) is 31.1. The highest BCUT2D eigenvalue weighted by Crippen LogP contribution is 2.28. The molecule has 3 rings (SSSR count). The Morgan fingerprint density at radius 2 is 1.86 bits per heavy atom. The maximum atomic E-state index is 11.9. The molecule has 1 aliphatic rings. The first-order chi connectivity index (χ1) is 10.2. The Morgan fingerprint density at radius 1 is 1.10 bits per heavy atom. The van der Waals surface area contributed by atoms with Crippen molar-refractivity contribution in [2.24, 2.45) is 0 Å². The Kier molecular flexibility index (Phi) is 3.43. The molecular weight excluding hydrogens is 270 g/mol. The number of carbonyl (C=O) groups excluding carboxylic acids is 1. The van der Waals surface area contributed by atoms with Gasteiger partial charge in [-0.15, -0.1) is 0 Å². The van der Waals surface area contributed by atoms with Crippen molar-refractivity contribution < 1.29 is 9.72 Å². The molecule has 0 aliphatic heterocycles. The topological polar surface area (TPSA) is 86.0 Å². The molecule has 106 valence electrons. The van der Waals surface area contributed by atoms with E-state index < -0.39 is 4.92 Å². The summed E-state index contributed by atoms with van der Waals surface area (Å²) >= 11 is 0. The van der Waals surface area contributed by atoms with Crippen LogP contribution in [0.2, 0.25) is 0 Å². The van der Waals surface area contributed by atoms with Crippen LogP contribution in [0.25, 0.3) is 11.4 Å². The SMILES string of the molecule is O=C1CCCCc2nc(-c3ccccc3[N+](=O)[O-])ncc21. The van der Waals surface area contributed by atoms with Gasteiger partial charge in [-0.2, -0.15) is 0 Å². The Hall–Kier alpha value is -2.63. The van der Waals surface area contributed by atoms with Crippen LogP contribution in [-0.2, 0) is 6.42 Å². The van der Waals surface area contributed by atoms with Crippen molar-refractivity contribution in [1.29, 1.82) is 0 Å². The maximum Gasteiger partial charge on any atom is 0.280 e. The molecule has 1 aromatic heterocycles. The molecular formula is C15H13N3O3. The average Bonchev–Trinajstić information content (AvgIpc) is 2.68. The van der Waals surface area contributed by atoms with Crippen LogP contribution in [0, 0.1) is 10.1 Å². The van der Waals surface area contributed by atoms with Crippen LogP contribution in [-0.4, -0.2) is 20.7 Å². The first-order valence-corrected chi connectivity index (χ1v) is 6.80. The summed E-state index contributed by atoms with van der Waals surface area (Å²) in [6.45, 7) is 0. The third-order valence-corrected chi connectivity index (χ3v) is 3.58. The number of benzene rings is 1. The van der Waals surface area contributed by atoms with Gasteiger partial charge < -0.3 is 0 Å². The molecule has 0 amide bonds. The van der Waals surface area contributed by atoms with E-state index in [-0.39, 0.29) is 11.5 Å². The van der Waals surface area contributed by atoms with Gasteiger partial charge in [-0.1, -0.05) is 12.1 Å². The van der Waals surface area contributed by atoms with Gasteiger partial charge in [-0.05, 0) is 25.3 Å². The summed E-state index contributed by atoms with van der Waals surface area (Å²) in [7, 11) is 0. The molecule has 1 aromatic carbocycles. The summed E-state index contributed by atoms with van der Waals surface area (Å²) in [5.41, 5.74) is 1.59. The summed E-state index contributed by atoms with van der Waals surface area (Å²) in [6.07, 6.45) is 4.46. The van der Waals surface area contributed by atoms with Crippen molar-refractivity contribution in [3.63, 3.8) is 0 Å². The van der Waals surface area contributed by atoms with E-state index in [0.717, 1.165) is 12.8 Å². The minimum Gasteiger partial charge on any atom is -0.294 e. The van der Waals surface area contributed by atoms with Crippen molar-refractivity contribution in [1.82, 2.24) is 9.97 Å². The van der Waals surface area contributed by atoms with Crippen molar-refractivity contribution in [2.45, 2.75) is 25.7 Å². The fourth-order valence-corrected chi connectivity index (χ4v) is 2.51. The van der Waals surface area contributed by atoms with Gasteiger partial charge in [0.25, 0.3) is 5.69 Å². The number of fused-ring (bicyclic) bond motifs is 1. The van der Waals surface area contributed by atoms with Gasteiger partial charge in [0.1, 0.15) is 0 Å². The van der Waals surface area contributed by atoms with Crippen LogP contribution < -0.4 is 0 Å². The van der Waals surface area contributed by atoms with E-state index in [2.05, 4.69) is 9.97 Å². The number of rotatable bonds is 2. The summed E-state index contributed by atoms with van der Waals surface area (Å²) in [5.74, 6) is 0.354. The van der Waals surface area contributed by atoms with Gasteiger partial charge >= 0.3 is 0 Å². The number of aryl methyl sites for hydroxylation is 1. The molecule has 6 nitrogen and oxygen atoms in total. The second kappa shape index (κ2) is 5.40. The third kappa shape index (κ3) is 2.52. The quantitative estimate of drug-likeness (QED) is 0.480. The number of aromatic nitrogens is 2. The highest BCUT2D eigenvalue weighted by Gasteiger charge is 2.21. The second-order valence-corrected chi connectivity index (χ2v) is 4.96. The number of ketones is 1. The minimum atomic E-state index is -0.449. The van der Waals surface area contributed by atoms with E-state index >= 15 is 0 Å². The second-order valence-electron chi connectivity index (χ2n) is 4.96. The zero-order valence-corrected chi connectivity index (χ0v) is 11.3. The number of hydrogen-bond acceptors (Lipinski definition) is 5. The summed E-state index contributed by atoms with van der Waals surface area (Å²) < 4.78 is 0. The average molecular weight is 283 g/mol. The van der Waals surface area contributed by atoms with Gasteiger partial charge in [0.2, 0.25) is 0 Å². The number of hydrogen-bond donors (Lipinski definition) is 0. The van der Waals surface area contributed by atoms with E-state index in [1.165, 1.54) is 12.3 Å². The molecule has 0 atom stereocenters. The zero-order valence-electron chi connectivity index (χ0n) is 11.3. The lowest BCUT2D eigenvalue weighted by Crippen LogP contribution is -2.06. The largest absolute Gasteiger partial charge is 0.294 e.